The van der Waals surface area contributed by atoms with Gasteiger partial charge in [0.1, 0.15) is 0 Å². The Morgan fingerprint density at radius 3 is 1.85 bits per heavy atom. The molecule has 0 saturated carbocycles. The Bertz CT molecular complexity index is 661. The summed E-state index contributed by atoms with van der Waals surface area (Å²) in [5, 5.41) is 8.65. The average Bonchev–Trinajstić information content (AvgIpc) is 2.62. The molecule has 27 heavy (non-hydrogen) atoms. The molecule has 0 aliphatic carbocycles. The van der Waals surface area contributed by atoms with Crippen molar-refractivity contribution in [3.05, 3.63) is 57.0 Å². The highest BCUT2D eigenvalue weighted by Crippen LogP contribution is 2.21. The van der Waals surface area contributed by atoms with Crippen molar-refractivity contribution in [3.8, 4) is 11.5 Å². The second-order valence-electron chi connectivity index (χ2n) is 4.79. The Hall–Kier alpha value is -0.550. The standard InChI is InChI=1S/C9H9BrF2O.C6H4BrFO.C3H6FI/c10-7-2-3-9(8(12)6-7)13-5-1-4-11;7-4-1-2-6(9)5(8)3-4;4-2-1-3-5/h2-3,6H,1,4-5H2;1-3,9H;1-3H2. The van der Waals surface area contributed by atoms with Gasteiger partial charge in [0, 0.05) is 19.8 Å². The van der Waals surface area contributed by atoms with Crippen LogP contribution in [0, 0.1) is 11.6 Å². The molecule has 152 valence electrons. The third-order valence-electron chi connectivity index (χ3n) is 2.61. The zero-order valence-electron chi connectivity index (χ0n) is 14.2. The number of phenolic OH excluding ortho intramolecular Hbond substituents is 1. The van der Waals surface area contributed by atoms with E-state index in [1.54, 1.807) is 12.1 Å². The van der Waals surface area contributed by atoms with E-state index in [4.69, 9.17) is 9.84 Å². The SMILES string of the molecule is FCCCI.FCCCOc1ccc(Br)cc1F.Oc1ccc(Br)cc1F. The van der Waals surface area contributed by atoms with Crippen LogP contribution in [0.4, 0.5) is 17.6 Å². The fraction of sp³-hybridized carbons (Fsp3) is 0.333. The van der Waals surface area contributed by atoms with E-state index >= 15 is 0 Å². The van der Waals surface area contributed by atoms with E-state index in [0.717, 1.165) is 4.43 Å². The summed E-state index contributed by atoms with van der Waals surface area (Å²) in [4.78, 5) is 0. The van der Waals surface area contributed by atoms with Crippen LogP contribution < -0.4 is 4.74 Å². The normalized spacial score (nSPS) is 9.59. The van der Waals surface area contributed by atoms with Gasteiger partial charge in [0.15, 0.2) is 23.1 Å². The third-order valence-corrected chi connectivity index (χ3v) is 4.36. The minimum Gasteiger partial charge on any atom is -0.505 e. The molecule has 1 N–H and O–H groups in total. The smallest absolute Gasteiger partial charge is 0.166 e. The van der Waals surface area contributed by atoms with Gasteiger partial charge >= 0.3 is 0 Å². The predicted octanol–water partition coefficient (Wildman–Crippen LogP) is 7.40. The molecule has 2 aromatic rings. The molecule has 0 fully saturated rings. The number of benzene rings is 2. The summed E-state index contributed by atoms with van der Waals surface area (Å²) in [7, 11) is 0. The van der Waals surface area contributed by atoms with Gasteiger partial charge < -0.3 is 9.84 Å². The van der Waals surface area contributed by atoms with Crippen molar-refractivity contribution in [1.29, 1.82) is 0 Å². The van der Waals surface area contributed by atoms with Crippen LogP contribution in [0.1, 0.15) is 12.8 Å². The number of alkyl halides is 3. The summed E-state index contributed by atoms with van der Waals surface area (Å²) in [6.45, 7) is -0.407. The van der Waals surface area contributed by atoms with Crippen LogP contribution in [0.3, 0.4) is 0 Å². The monoisotopic (exact) mass is 628 g/mol. The van der Waals surface area contributed by atoms with E-state index in [9.17, 15) is 17.6 Å². The van der Waals surface area contributed by atoms with Crippen molar-refractivity contribution in [2.24, 2.45) is 0 Å². The van der Waals surface area contributed by atoms with Gasteiger partial charge in [0.25, 0.3) is 0 Å². The lowest BCUT2D eigenvalue weighted by molar-refractivity contribution is 0.277. The third kappa shape index (κ3) is 13.3. The maximum Gasteiger partial charge on any atom is 0.166 e. The highest BCUT2D eigenvalue weighted by molar-refractivity contribution is 14.1. The van der Waals surface area contributed by atoms with Crippen molar-refractivity contribution in [2.75, 3.05) is 24.4 Å². The Morgan fingerprint density at radius 2 is 1.44 bits per heavy atom. The zero-order chi connectivity index (χ0) is 20.7. The van der Waals surface area contributed by atoms with Crippen molar-refractivity contribution in [3.63, 3.8) is 0 Å². The average molecular weight is 630 g/mol. The van der Waals surface area contributed by atoms with Crippen molar-refractivity contribution < 1.29 is 27.4 Å². The van der Waals surface area contributed by atoms with E-state index < -0.39 is 18.3 Å². The van der Waals surface area contributed by atoms with Crippen LogP contribution in [0.5, 0.6) is 11.5 Å². The molecule has 9 heteroatoms. The molecule has 0 saturated heterocycles. The Balaban J connectivity index is 0.000000419. The van der Waals surface area contributed by atoms with Crippen molar-refractivity contribution >= 4 is 54.5 Å². The number of aromatic hydroxyl groups is 1. The lowest BCUT2D eigenvalue weighted by Gasteiger charge is -2.05. The second-order valence-corrected chi connectivity index (χ2v) is 7.70. The first-order valence-corrected chi connectivity index (χ1v) is 10.9. The fourth-order valence-corrected chi connectivity index (χ4v) is 2.32. The van der Waals surface area contributed by atoms with Crippen molar-refractivity contribution in [1.82, 2.24) is 0 Å². The lowest BCUT2D eigenvalue weighted by atomic mass is 10.3. The summed E-state index contributed by atoms with van der Waals surface area (Å²) >= 11 is 8.32. The molecule has 2 nitrogen and oxygen atoms in total. The van der Waals surface area contributed by atoms with Gasteiger partial charge in [-0.2, -0.15) is 0 Å². The van der Waals surface area contributed by atoms with Crippen LogP contribution in [0.15, 0.2) is 45.3 Å². The molecule has 0 unspecified atom stereocenters. The number of halogens is 7. The molecule has 2 rings (SSSR count). The molecule has 0 aromatic heterocycles. The molecule has 0 heterocycles. The summed E-state index contributed by atoms with van der Waals surface area (Å²) in [6.07, 6.45) is 0.996. The molecule has 0 atom stereocenters. The molecule has 0 spiro atoms. The molecular formula is C18H19Br2F4IO2. The highest BCUT2D eigenvalue weighted by atomic mass is 127. The van der Waals surface area contributed by atoms with E-state index in [1.807, 2.05) is 0 Å². The summed E-state index contributed by atoms with van der Waals surface area (Å²) in [6, 6.07) is 8.56. The minimum atomic E-state index is -0.607. The fourth-order valence-electron chi connectivity index (χ4n) is 1.36. The van der Waals surface area contributed by atoms with Crippen LogP contribution in [0.25, 0.3) is 0 Å². The number of rotatable bonds is 6. The largest absolute Gasteiger partial charge is 0.505 e. The molecule has 0 aliphatic heterocycles. The quantitative estimate of drug-likeness (QED) is 0.156. The van der Waals surface area contributed by atoms with Gasteiger partial charge in [-0.15, -0.1) is 0 Å². The molecule has 0 amide bonds. The number of ether oxygens (including phenoxy) is 1. The van der Waals surface area contributed by atoms with E-state index in [0.29, 0.717) is 15.4 Å². The topological polar surface area (TPSA) is 29.5 Å². The minimum absolute atomic E-state index is 0.164. The zero-order valence-corrected chi connectivity index (χ0v) is 19.5. The molecular weight excluding hydrogens is 611 g/mol. The van der Waals surface area contributed by atoms with Gasteiger partial charge in [-0.05, 0) is 42.8 Å². The predicted molar refractivity (Wildman–Crippen MR) is 115 cm³/mol. The maximum atomic E-state index is 13.0. The lowest BCUT2D eigenvalue weighted by Crippen LogP contribution is -1.99. The number of hydrogen-bond acceptors (Lipinski definition) is 2. The first-order chi connectivity index (χ1) is 12.8. The maximum absolute atomic E-state index is 13.0. The van der Waals surface area contributed by atoms with Gasteiger partial charge in [-0.3, -0.25) is 8.78 Å². The van der Waals surface area contributed by atoms with Crippen molar-refractivity contribution in [2.45, 2.75) is 12.8 Å². The Morgan fingerprint density at radius 1 is 0.889 bits per heavy atom. The van der Waals surface area contributed by atoms with Crippen LogP contribution >= 0.6 is 54.5 Å². The Labute approximate surface area is 186 Å². The van der Waals surface area contributed by atoms with Crippen LogP contribution in [-0.2, 0) is 0 Å². The van der Waals surface area contributed by atoms with E-state index in [-0.39, 0.29) is 31.2 Å². The second kappa shape index (κ2) is 16.4. The molecule has 0 bridgehead atoms. The van der Waals surface area contributed by atoms with Crippen LogP contribution in [0.2, 0.25) is 0 Å². The first kappa shape index (κ1) is 26.4. The Kier molecular flexibility index (Phi) is 16.1. The first-order valence-electron chi connectivity index (χ1n) is 7.75. The van der Waals surface area contributed by atoms with Gasteiger partial charge in [0.05, 0.1) is 20.0 Å². The van der Waals surface area contributed by atoms with E-state index in [2.05, 4.69) is 54.5 Å². The van der Waals surface area contributed by atoms with Gasteiger partial charge in [0.2, 0.25) is 0 Å². The van der Waals surface area contributed by atoms with Gasteiger partial charge in [-0.1, -0.05) is 54.5 Å². The molecule has 0 aliphatic rings. The molecule has 2 aromatic carbocycles. The number of hydrogen-bond donors (Lipinski definition) is 1. The summed E-state index contributed by atoms with van der Waals surface area (Å²) in [5.41, 5.74) is 0. The highest BCUT2D eigenvalue weighted by Gasteiger charge is 2.02. The van der Waals surface area contributed by atoms with E-state index in [1.165, 1.54) is 24.3 Å². The molecule has 0 radical (unpaired) electrons. The number of phenols is 1. The summed E-state index contributed by atoms with van der Waals surface area (Å²) < 4.78 is 55.2. The van der Waals surface area contributed by atoms with Crippen LogP contribution in [-0.4, -0.2) is 29.5 Å². The summed E-state index contributed by atoms with van der Waals surface area (Å²) in [5.74, 6) is -1.20. The van der Waals surface area contributed by atoms with Gasteiger partial charge in [-0.25, -0.2) is 8.78 Å².